The van der Waals surface area contributed by atoms with Crippen molar-refractivity contribution in [2.24, 2.45) is 0 Å². The Kier molecular flexibility index (Phi) is 6.27. The minimum atomic E-state index is -6.82. The van der Waals surface area contributed by atoms with Gasteiger partial charge in [-0.15, -0.1) is 0 Å². The lowest BCUT2D eigenvalue weighted by Gasteiger charge is -2.35. The van der Waals surface area contributed by atoms with Gasteiger partial charge in [0.05, 0.1) is 0 Å². The zero-order chi connectivity index (χ0) is 18.2. The van der Waals surface area contributed by atoms with Crippen molar-refractivity contribution < 1.29 is 43.6 Å². The van der Waals surface area contributed by atoms with E-state index in [4.69, 9.17) is 4.12 Å². The van der Waals surface area contributed by atoms with Crippen molar-refractivity contribution in [3.05, 3.63) is 0 Å². The molecule has 22 heavy (non-hydrogen) atoms. The Bertz CT molecular complexity index is 379. The van der Waals surface area contributed by atoms with Crippen molar-refractivity contribution in [2.45, 2.75) is 62.6 Å². The van der Waals surface area contributed by atoms with Crippen molar-refractivity contribution >= 4 is 17.4 Å². The maximum absolute atomic E-state index is 13.3. The molecule has 0 aromatic carbocycles. The number of hydrogen-bond donors (Lipinski definition) is 0. The summed E-state index contributed by atoms with van der Waals surface area (Å²) in [5.74, 6) is -18.8. The van der Waals surface area contributed by atoms with E-state index in [1.54, 1.807) is 13.1 Å². The topological polar surface area (TPSA) is 9.23 Å². The van der Waals surface area contributed by atoms with Gasteiger partial charge >= 0.3 is 23.9 Å². The van der Waals surface area contributed by atoms with Gasteiger partial charge in [-0.1, -0.05) is 0 Å². The van der Waals surface area contributed by atoms with E-state index in [0.717, 1.165) is 0 Å². The van der Waals surface area contributed by atoms with Crippen LogP contribution in [0.5, 0.6) is 0 Å². The summed E-state index contributed by atoms with van der Waals surface area (Å²) in [5.41, 5.74) is 0. The molecule has 0 aromatic rings. The Morgan fingerprint density at radius 3 is 1.55 bits per heavy atom. The van der Waals surface area contributed by atoms with E-state index in [1.807, 2.05) is 0 Å². The molecule has 134 valence electrons. The molecular weight excluding hydrogens is 363 g/mol. The lowest BCUT2D eigenvalue weighted by atomic mass is 10.0. The van der Waals surface area contributed by atoms with E-state index in [0.29, 0.717) is 0 Å². The Morgan fingerprint density at radius 1 is 0.818 bits per heavy atom. The summed E-state index contributed by atoms with van der Waals surface area (Å²) in [5, 5.41) is 0. The zero-order valence-electron chi connectivity index (χ0n) is 12.3. The fourth-order valence-corrected chi connectivity index (χ4v) is 8.21. The van der Waals surface area contributed by atoms with E-state index in [2.05, 4.69) is 0 Å². The first-order chi connectivity index (χ1) is 9.37. The van der Waals surface area contributed by atoms with Gasteiger partial charge in [0.1, 0.15) is 0 Å². The van der Waals surface area contributed by atoms with Crippen LogP contribution >= 0.6 is 0 Å². The minimum absolute atomic E-state index is 0.658. The van der Waals surface area contributed by atoms with Gasteiger partial charge in [-0.2, -0.15) is 39.5 Å². The molecule has 0 spiro atoms. The van der Waals surface area contributed by atoms with E-state index < -0.39 is 53.8 Å². The molecule has 0 aromatic heterocycles. The highest BCUT2D eigenvalue weighted by atomic mass is 28.4. The average Bonchev–Trinajstić information content (AvgIpc) is 2.23. The van der Waals surface area contributed by atoms with Crippen LogP contribution in [-0.2, 0) is 4.12 Å². The number of hydrogen-bond acceptors (Lipinski definition) is 1. The SMILES string of the molecule is C[SiH](C)O[Si](C)(C)CCC(F)(F)C(F)(F)C(F)(F)C(F)(F)F. The summed E-state index contributed by atoms with van der Waals surface area (Å²) >= 11 is 0. The van der Waals surface area contributed by atoms with Gasteiger partial charge in [0.2, 0.25) is 0 Å². The van der Waals surface area contributed by atoms with Crippen LogP contribution in [-0.4, -0.2) is 41.3 Å². The second kappa shape index (κ2) is 6.34. The van der Waals surface area contributed by atoms with Crippen molar-refractivity contribution in [2.75, 3.05) is 0 Å². The molecule has 0 heterocycles. The van der Waals surface area contributed by atoms with Gasteiger partial charge in [0.15, 0.2) is 17.4 Å². The first-order valence-corrected chi connectivity index (χ1v) is 12.1. The van der Waals surface area contributed by atoms with Crippen LogP contribution in [0.1, 0.15) is 6.42 Å². The van der Waals surface area contributed by atoms with E-state index in [1.165, 1.54) is 13.1 Å². The standard InChI is InChI=1S/C10H17F9OSi2/c1-21(2)20-22(3,4)6-5-7(11,12)8(13,14)9(15,16)10(17,18)19/h21H,5-6H2,1-4H3. The van der Waals surface area contributed by atoms with Crippen LogP contribution in [0.4, 0.5) is 39.5 Å². The average molecular weight is 380 g/mol. The van der Waals surface area contributed by atoms with Gasteiger partial charge in [-0.3, -0.25) is 0 Å². The highest BCUT2D eigenvalue weighted by molar-refractivity contribution is 6.77. The van der Waals surface area contributed by atoms with Crippen molar-refractivity contribution in [1.82, 2.24) is 0 Å². The lowest BCUT2D eigenvalue weighted by Crippen LogP contribution is -2.61. The first kappa shape index (κ1) is 21.8. The summed E-state index contributed by atoms with van der Waals surface area (Å²) in [7, 11) is -4.52. The van der Waals surface area contributed by atoms with Crippen LogP contribution in [0, 0.1) is 0 Å². The maximum Gasteiger partial charge on any atom is 0.460 e. The molecule has 0 radical (unpaired) electrons. The molecule has 1 nitrogen and oxygen atoms in total. The molecule has 0 bridgehead atoms. The van der Waals surface area contributed by atoms with Crippen LogP contribution in [0.3, 0.4) is 0 Å². The van der Waals surface area contributed by atoms with Crippen LogP contribution in [0.15, 0.2) is 0 Å². The Hall–Kier alpha value is -0.236. The molecule has 0 aliphatic carbocycles. The predicted molar refractivity (Wildman–Crippen MR) is 67.8 cm³/mol. The molecule has 0 amide bonds. The Morgan fingerprint density at radius 2 is 1.23 bits per heavy atom. The van der Waals surface area contributed by atoms with Gasteiger partial charge in [-0.25, -0.2) is 0 Å². The second-order valence-corrected chi connectivity index (χ2v) is 12.8. The van der Waals surface area contributed by atoms with Gasteiger partial charge in [0, 0.05) is 6.42 Å². The summed E-state index contributed by atoms with van der Waals surface area (Å²) in [6.07, 6.45) is -8.57. The van der Waals surface area contributed by atoms with Crippen molar-refractivity contribution in [1.29, 1.82) is 0 Å². The van der Waals surface area contributed by atoms with Gasteiger partial charge in [0.25, 0.3) is 0 Å². The molecule has 0 saturated heterocycles. The zero-order valence-corrected chi connectivity index (χ0v) is 14.5. The number of rotatable bonds is 7. The summed E-state index contributed by atoms with van der Waals surface area (Å²) < 4.78 is 119. The fourth-order valence-electron chi connectivity index (χ4n) is 1.72. The highest BCUT2D eigenvalue weighted by Crippen LogP contribution is 2.54. The van der Waals surface area contributed by atoms with E-state index in [-0.39, 0.29) is 0 Å². The first-order valence-electron chi connectivity index (χ1n) is 6.25. The second-order valence-electron chi connectivity index (χ2n) is 5.78. The highest BCUT2D eigenvalue weighted by Gasteiger charge is 2.81. The summed E-state index contributed by atoms with van der Waals surface area (Å²) in [6, 6.07) is -0.658. The van der Waals surface area contributed by atoms with Crippen LogP contribution in [0.25, 0.3) is 0 Å². The third kappa shape index (κ3) is 4.63. The molecule has 0 atom stereocenters. The van der Waals surface area contributed by atoms with Gasteiger partial charge in [-0.05, 0) is 32.2 Å². The smallest absolute Gasteiger partial charge is 0.458 e. The number of halogens is 9. The summed E-state index contributed by atoms with van der Waals surface area (Å²) in [4.78, 5) is 0. The summed E-state index contributed by atoms with van der Waals surface area (Å²) in [6.45, 7) is 6.21. The third-order valence-corrected chi connectivity index (χ3v) is 8.70. The minimum Gasteiger partial charge on any atom is -0.458 e. The fraction of sp³-hybridized carbons (Fsp3) is 1.00. The largest absolute Gasteiger partial charge is 0.460 e. The molecule has 0 aliphatic heterocycles. The number of alkyl halides is 9. The molecule has 0 N–H and O–H groups in total. The molecule has 0 aliphatic rings. The molecule has 12 heteroatoms. The van der Waals surface area contributed by atoms with Gasteiger partial charge < -0.3 is 4.12 Å². The Labute approximate surface area is 124 Å². The van der Waals surface area contributed by atoms with Crippen molar-refractivity contribution in [3.8, 4) is 0 Å². The monoisotopic (exact) mass is 380 g/mol. The van der Waals surface area contributed by atoms with Crippen LogP contribution < -0.4 is 0 Å². The lowest BCUT2D eigenvalue weighted by molar-refractivity contribution is -0.396. The molecule has 0 saturated carbocycles. The third-order valence-electron chi connectivity index (χ3n) is 2.81. The van der Waals surface area contributed by atoms with E-state index in [9.17, 15) is 39.5 Å². The van der Waals surface area contributed by atoms with Crippen LogP contribution in [0.2, 0.25) is 32.2 Å². The predicted octanol–water partition coefficient (Wildman–Crippen LogP) is 5.05. The normalized spacial score (nSPS) is 15.5. The quantitative estimate of drug-likeness (QED) is 0.444. The van der Waals surface area contributed by atoms with Crippen molar-refractivity contribution in [3.63, 3.8) is 0 Å². The molecular formula is C10H17F9OSi2. The van der Waals surface area contributed by atoms with E-state index >= 15 is 0 Å². The molecule has 0 fully saturated rings. The Balaban J connectivity index is 5.23. The maximum atomic E-state index is 13.3. The molecule has 0 rings (SSSR count). The molecule has 0 unspecified atom stereocenters.